The van der Waals surface area contributed by atoms with E-state index in [0.29, 0.717) is 5.82 Å². The summed E-state index contributed by atoms with van der Waals surface area (Å²) in [5.74, 6) is 1.52. The maximum absolute atomic E-state index is 6.18. The molecule has 0 radical (unpaired) electrons. The van der Waals surface area contributed by atoms with E-state index in [-0.39, 0.29) is 0 Å². The summed E-state index contributed by atoms with van der Waals surface area (Å²) in [4.78, 5) is 10.4. The molecule has 0 aliphatic carbocycles. The Bertz CT molecular complexity index is 3220. The van der Waals surface area contributed by atoms with E-state index in [1.165, 1.54) is 49.0 Å². The second kappa shape index (κ2) is 13.6. The lowest BCUT2D eigenvalue weighted by molar-refractivity contribution is 0.631. The number of hydrogen-bond donors (Lipinski definition) is 0. The number of aromatic nitrogens is 2. The molecule has 57 heavy (non-hydrogen) atoms. The van der Waals surface area contributed by atoms with Crippen molar-refractivity contribution in [1.82, 2.24) is 9.97 Å². The molecular weight excluding hydrogens is 693 g/mol. The monoisotopic (exact) mass is 726 g/mol. The Hall–Kier alpha value is -7.62. The summed E-state index contributed by atoms with van der Waals surface area (Å²) in [6.45, 7) is 0. The second-order valence-corrected chi connectivity index (χ2v) is 14.6. The molecule has 0 atom stereocenters. The maximum Gasteiger partial charge on any atom is 0.160 e. The largest absolute Gasteiger partial charge is 0.456 e. The first-order chi connectivity index (χ1) is 28.2. The van der Waals surface area contributed by atoms with Crippen LogP contribution in [0.2, 0.25) is 0 Å². The Balaban J connectivity index is 1.02. The average molecular weight is 727 g/mol. The number of hydrogen-bond acceptors (Lipinski definition) is 3. The summed E-state index contributed by atoms with van der Waals surface area (Å²) in [5.41, 5.74) is 11.4. The van der Waals surface area contributed by atoms with Crippen molar-refractivity contribution in [1.29, 1.82) is 0 Å². The number of para-hydroxylation sites is 1. The molecule has 266 valence electrons. The third-order valence-corrected chi connectivity index (χ3v) is 11.1. The van der Waals surface area contributed by atoms with Crippen LogP contribution in [0.1, 0.15) is 0 Å². The van der Waals surface area contributed by atoms with Crippen LogP contribution >= 0.6 is 0 Å². The van der Waals surface area contributed by atoms with Crippen LogP contribution in [0.3, 0.4) is 0 Å². The predicted octanol–water partition coefficient (Wildman–Crippen LogP) is 14.7. The van der Waals surface area contributed by atoms with E-state index in [0.717, 1.165) is 55.9 Å². The number of furan rings is 1. The van der Waals surface area contributed by atoms with Gasteiger partial charge in [0.1, 0.15) is 11.3 Å². The van der Waals surface area contributed by atoms with Crippen LogP contribution in [-0.4, -0.2) is 9.97 Å². The van der Waals surface area contributed by atoms with Crippen LogP contribution in [0.5, 0.6) is 0 Å². The van der Waals surface area contributed by atoms with E-state index >= 15 is 0 Å². The highest BCUT2D eigenvalue weighted by molar-refractivity contribution is 6.20. The molecule has 0 bridgehead atoms. The lowest BCUT2D eigenvalue weighted by Gasteiger charge is -2.15. The van der Waals surface area contributed by atoms with Gasteiger partial charge in [-0.2, -0.15) is 0 Å². The Morgan fingerprint density at radius 1 is 0.298 bits per heavy atom. The maximum atomic E-state index is 6.18. The molecule has 0 amide bonds. The zero-order valence-electron chi connectivity index (χ0n) is 30.9. The van der Waals surface area contributed by atoms with Crippen molar-refractivity contribution < 1.29 is 4.42 Å². The first-order valence-corrected chi connectivity index (χ1v) is 19.3. The second-order valence-electron chi connectivity index (χ2n) is 14.6. The fourth-order valence-electron chi connectivity index (χ4n) is 8.18. The van der Waals surface area contributed by atoms with Gasteiger partial charge in [-0.3, -0.25) is 0 Å². The van der Waals surface area contributed by atoms with E-state index in [2.05, 4.69) is 182 Å². The molecule has 0 N–H and O–H groups in total. The van der Waals surface area contributed by atoms with Gasteiger partial charge in [0.2, 0.25) is 0 Å². The number of fused-ring (bicyclic) bond motifs is 5. The fraction of sp³-hybridized carbons (Fsp3) is 0. The zero-order chi connectivity index (χ0) is 37.7. The van der Waals surface area contributed by atoms with Gasteiger partial charge in [-0.15, -0.1) is 0 Å². The van der Waals surface area contributed by atoms with E-state index < -0.39 is 0 Å². The van der Waals surface area contributed by atoms with Crippen LogP contribution in [0.15, 0.2) is 211 Å². The third-order valence-electron chi connectivity index (χ3n) is 11.1. The van der Waals surface area contributed by atoms with Crippen molar-refractivity contribution in [3.8, 4) is 67.5 Å². The molecule has 9 aromatic carbocycles. The fourth-order valence-corrected chi connectivity index (χ4v) is 8.18. The summed E-state index contributed by atoms with van der Waals surface area (Å²) in [7, 11) is 0. The minimum atomic E-state index is 0.677. The van der Waals surface area contributed by atoms with Crippen molar-refractivity contribution in [2.24, 2.45) is 0 Å². The number of benzene rings is 9. The Kier molecular flexibility index (Phi) is 7.82. The van der Waals surface area contributed by atoms with Crippen molar-refractivity contribution in [2.75, 3.05) is 0 Å². The molecule has 11 aromatic rings. The molecule has 0 unspecified atom stereocenters. The van der Waals surface area contributed by atoms with Gasteiger partial charge in [0, 0.05) is 27.6 Å². The summed E-state index contributed by atoms with van der Waals surface area (Å²) in [6.07, 6.45) is 0. The van der Waals surface area contributed by atoms with E-state index in [1.54, 1.807) is 0 Å². The molecule has 0 spiro atoms. The topological polar surface area (TPSA) is 38.9 Å². The normalized spacial score (nSPS) is 11.5. The van der Waals surface area contributed by atoms with Gasteiger partial charge in [0.05, 0.1) is 11.4 Å². The smallest absolute Gasteiger partial charge is 0.160 e. The lowest BCUT2D eigenvalue weighted by Crippen LogP contribution is -1.96. The minimum Gasteiger partial charge on any atom is -0.456 e. The SMILES string of the molecule is c1ccc(-c2ccc(-c3cc(-c4ccc(-c5cc6ccccc6o5)cc4)nc(-c4ccc(-c5c6ccccc6cc6c5ccc5ccccc56)cc4)n3)cc2)cc1. The summed E-state index contributed by atoms with van der Waals surface area (Å²) in [5, 5.41) is 8.56. The van der Waals surface area contributed by atoms with Gasteiger partial charge >= 0.3 is 0 Å². The van der Waals surface area contributed by atoms with Gasteiger partial charge in [-0.25, -0.2) is 9.97 Å². The first-order valence-electron chi connectivity index (χ1n) is 19.3. The molecule has 0 aliphatic heterocycles. The van der Waals surface area contributed by atoms with Crippen molar-refractivity contribution in [3.05, 3.63) is 206 Å². The molecule has 3 heteroatoms. The van der Waals surface area contributed by atoms with Crippen LogP contribution < -0.4 is 0 Å². The number of nitrogens with zero attached hydrogens (tertiary/aromatic N) is 2. The third kappa shape index (κ3) is 5.94. The molecule has 0 fully saturated rings. The minimum absolute atomic E-state index is 0.677. The highest BCUT2D eigenvalue weighted by atomic mass is 16.3. The molecule has 2 aromatic heterocycles. The van der Waals surface area contributed by atoms with Gasteiger partial charge in [-0.05, 0) is 78.8 Å². The van der Waals surface area contributed by atoms with E-state index in [1.807, 2.05) is 24.3 Å². The Morgan fingerprint density at radius 3 is 1.56 bits per heavy atom. The molecule has 0 saturated heterocycles. The molecule has 3 nitrogen and oxygen atoms in total. The quantitative estimate of drug-likeness (QED) is 0.126. The van der Waals surface area contributed by atoms with E-state index in [4.69, 9.17) is 14.4 Å². The summed E-state index contributed by atoms with van der Waals surface area (Å²) < 4.78 is 6.18. The zero-order valence-corrected chi connectivity index (χ0v) is 30.9. The molecule has 0 saturated carbocycles. The molecule has 0 aliphatic rings. The standard InChI is InChI=1S/C54H34N2O/c1-2-10-35(11-3-1)36-18-20-38(21-19-36)49-34-50(39-22-24-40(25-23-39)52-33-44-14-6-9-17-51(44)57-52)56-54(55-49)42-28-26-41(27-29-42)53-46-16-8-5-13-43(46)32-48-45-15-7-4-12-37(45)30-31-47(48)53/h1-34H. The van der Waals surface area contributed by atoms with Gasteiger partial charge < -0.3 is 4.42 Å². The van der Waals surface area contributed by atoms with Crippen LogP contribution in [-0.2, 0) is 0 Å². The Morgan fingerprint density at radius 2 is 0.842 bits per heavy atom. The molecular formula is C54H34N2O. The lowest BCUT2D eigenvalue weighted by atomic mass is 9.89. The molecule has 2 heterocycles. The van der Waals surface area contributed by atoms with Crippen LogP contribution in [0.4, 0.5) is 0 Å². The average Bonchev–Trinajstić information content (AvgIpc) is 3.73. The van der Waals surface area contributed by atoms with E-state index in [9.17, 15) is 0 Å². The van der Waals surface area contributed by atoms with Gasteiger partial charge in [0.25, 0.3) is 0 Å². The Labute approximate surface area is 330 Å². The summed E-state index contributed by atoms with van der Waals surface area (Å²) in [6, 6.07) is 72.8. The summed E-state index contributed by atoms with van der Waals surface area (Å²) >= 11 is 0. The molecule has 11 rings (SSSR count). The van der Waals surface area contributed by atoms with Crippen LogP contribution in [0.25, 0.3) is 111 Å². The first kappa shape index (κ1) is 32.8. The van der Waals surface area contributed by atoms with Crippen molar-refractivity contribution >= 4 is 43.3 Å². The van der Waals surface area contributed by atoms with Crippen LogP contribution in [0, 0.1) is 0 Å². The van der Waals surface area contributed by atoms with Gasteiger partial charge in [-0.1, -0.05) is 182 Å². The highest BCUT2D eigenvalue weighted by Gasteiger charge is 2.15. The number of rotatable bonds is 6. The van der Waals surface area contributed by atoms with Crippen molar-refractivity contribution in [2.45, 2.75) is 0 Å². The predicted molar refractivity (Wildman–Crippen MR) is 237 cm³/mol. The highest BCUT2D eigenvalue weighted by Crippen LogP contribution is 2.40. The van der Waals surface area contributed by atoms with Gasteiger partial charge in [0.15, 0.2) is 5.82 Å². The van der Waals surface area contributed by atoms with Crippen molar-refractivity contribution in [3.63, 3.8) is 0 Å².